The summed E-state index contributed by atoms with van der Waals surface area (Å²) >= 11 is 3.13. The fraction of sp³-hybridized carbons (Fsp3) is 0. The molecule has 0 aliphatic heterocycles. The molecule has 0 spiro atoms. The van der Waals surface area contributed by atoms with Crippen molar-refractivity contribution in [3.63, 3.8) is 0 Å². The van der Waals surface area contributed by atoms with Crippen LogP contribution in [0, 0.1) is 11.0 Å². The van der Waals surface area contributed by atoms with Gasteiger partial charge in [0.1, 0.15) is 17.4 Å². The smallest absolute Gasteiger partial charge is 0.293 e. The van der Waals surface area contributed by atoms with Gasteiger partial charge >= 0.3 is 0 Å². The number of nitrogens with zero attached hydrogens (tertiary/aromatic N) is 1. The van der Waals surface area contributed by atoms with Crippen molar-refractivity contribution in [3.05, 3.63) is 34.0 Å². The predicted octanol–water partition coefficient (Wildman–Crippen LogP) is 1.70. The summed E-state index contributed by atoms with van der Waals surface area (Å²) in [6.07, 6.45) is 2.66. The van der Waals surface area contributed by atoms with Gasteiger partial charge in [-0.15, -0.1) is 0 Å². The third-order valence-electron chi connectivity index (χ3n) is 1.63. The normalized spacial score (nSPS) is 10.8. The molecular formula is C7H4BrFN2O. The number of H-pyrrole nitrogens is 1. The molecule has 0 atom stereocenters. The molecule has 1 N–H and O–H groups in total. The van der Waals surface area contributed by atoms with Gasteiger partial charge in [-0.1, -0.05) is 0 Å². The topological polar surface area (TPSA) is 42.7 Å². The summed E-state index contributed by atoms with van der Waals surface area (Å²) in [5.41, 5.74) is 0.224. The molecule has 12 heavy (non-hydrogen) atoms. The van der Waals surface area contributed by atoms with E-state index in [1.54, 1.807) is 0 Å². The van der Waals surface area contributed by atoms with Gasteiger partial charge in [0.05, 0.1) is 10.7 Å². The van der Waals surface area contributed by atoms with Crippen molar-refractivity contribution >= 4 is 27.0 Å². The zero-order valence-corrected chi connectivity index (χ0v) is 7.43. The fourth-order valence-electron chi connectivity index (χ4n) is 1.08. The predicted molar refractivity (Wildman–Crippen MR) is 44.9 cm³/mol. The maximum absolute atomic E-state index is 13.1. The van der Waals surface area contributed by atoms with E-state index in [0.717, 1.165) is 12.3 Å². The second-order valence-electron chi connectivity index (χ2n) is 2.35. The molecule has 0 aromatic carbocycles. The van der Waals surface area contributed by atoms with E-state index >= 15 is 0 Å². The zero-order chi connectivity index (χ0) is 8.72. The second-order valence-corrected chi connectivity index (χ2v) is 3.20. The molecule has 0 aliphatic rings. The van der Waals surface area contributed by atoms with Crippen molar-refractivity contribution in [3.8, 4) is 0 Å². The maximum Gasteiger partial charge on any atom is 0.293 e. The molecule has 3 nitrogen and oxygen atoms in total. The van der Waals surface area contributed by atoms with Gasteiger partial charge in [-0.2, -0.15) is 0 Å². The third-order valence-corrected chi connectivity index (χ3v) is 2.25. The molecule has 0 fully saturated rings. The lowest BCUT2D eigenvalue weighted by molar-refractivity contribution is -0.579. The molecular weight excluding hydrogens is 227 g/mol. The van der Waals surface area contributed by atoms with Crippen LogP contribution in [0.5, 0.6) is 0 Å². The van der Waals surface area contributed by atoms with Gasteiger partial charge in [-0.25, -0.2) is 14.1 Å². The van der Waals surface area contributed by atoms with Crippen molar-refractivity contribution in [1.82, 2.24) is 4.98 Å². The molecule has 0 radical (unpaired) electrons. The van der Waals surface area contributed by atoms with E-state index in [4.69, 9.17) is 0 Å². The van der Waals surface area contributed by atoms with Crippen LogP contribution in [0.2, 0.25) is 0 Å². The summed E-state index contributed by atoms with van der Waals surface area (Å²) in [6, 6.07) is 1.13. The molecule has 2 heterocycles. The monoisotopic (exact) mass is 230 g/mol. The SMILES string of the molecule is [O-][n+]1ccc(F)c2c(Br)c[nH]c21. The Hall–Kier alpha value is -1.10. The van der Waals surface area contributed by atoms with Gasteiger partial charge in [0.15, 0.2) is 0 Å². The molecule has 0 saturated heterocycles. The third kappa shape index (κ3) is 0.896. The summed E-state index contributed by atoms with van der Waals surface area (Å²) < 4.78 is 14.2. The van der Waals surface area contributed by atoms with Crippen LogP contribution >= 0.6 is 15.9 Å². The number of fused-ring (bicyclic) bond motifs is 1. The highest BCUT2D eigenvalue weighted by molar-refractivity contribution is 9.10. The first kappa shape index (κ1) is 7.54. The number of nitrogens with one attached hydrogen (secondary N) is 1. The Bertz CT molecular complexity index is 440. The van der Waals surface area contributed by atoms with E-state index in [-0.39, 0.29) is 11.0 Å². The Balaban J connectivity index is 2.98. The van der Waals surface area contributed by atoms with Crippen molar-refractivity contribution in [2.75, 3.05) is 0 Å². The van der Waals surface area contributed by atoms with E-state index < -0.39 is 5.82 Å². The Morgan fingerprint density at radius 2 is 2.33 bits per heavy atom. The van der Waals surface area contributed by atoms with Crippen molar-refractivity contribution in [1.29, 1.82) is 0 Å². The van der Waals surface area contributed by atoms with Crippen molar-refractivity contribution in [2.24, 2.45) is 0 Å². The van der Waals surface area contributed by atoms with Gasteiger partial charge in [0.25, 0.3) is 5.65 Å². The van der Waals surface area contributed by atoms with Gasteiger partial charge in [-0.3, -0.25) is 0 Å². The minimum absolute atomic E-state index is 0.224. The van der Waals surface area contributed by atoms with Crippen LogP contribution in [0.1, 0.15) is 0 Å². The summed E-state index contributed by atoms with van der Waals surface area (Å²) in [5, 5.41) is 11.3. The number of aromatic amines is 1. The van der Waals surface area contributed by atoms with E-state index in [9.17, 15) is 9.60 Å². The molecule has 0 amide bonds. The van der Waals surface area contributed by atoms with Crippen molar-refractivity contribution in [2.45, 2.75) is 0 Å². The van der Waals surface area contributed by atoms with Gasteiger partial charge < -0.3 is 5.21 Å². The fourth-order valence-corrected chi connectivity index (χ4v) is 1.57. The minimum Gasteiger partial charge on any atom is -0.711 e. The average molecular weight is 231 g/mol. The molecule has 62 valence electrons. The molecule has 0 unspecified atom stereocenters. The highest BCUT2D eigenvalue weighted by Crippen LogP contribution is 2.23. The summed E-state index contributed by atoms with van der Waals surface area (Å²) in [6.45, 7) is 0. The molecule has 0 aliphatic carbocycles. The standard InChI is InChI=1S/C7H4BrFN2O/c8-4-3-10-7-6(4)5(9)1-2-11(7)12/h1-3,10H. The number of pyridine rings is 1. The molecule has 0 saturated carbocycles. The lowest BCUT2D eigenvalue weighted by Crippen LogP contribution is -2.26. The summed E-state index contributed by atoms with van der Waals surface area (Å²) in [4.78, 5) is 2.66. The number of rotatable bonds is 0. The van der Waals surface area contributed by atoms with Crippen LogP contribution in [0.3, 0.4) is 0 Å². The summed E-state index contributed by atoms with van der Waals surface area (Å²) in [5.74, 6) is -0.412. The molecule has 0 bridgehead atoms. The second kappa shape index (κ2) is 2.45. The number of hydrogen-bond acceptors (Lipinski definition) is 1. The zero-order valence-electron chi connectivity index (χ0n) is 5.84. The van der Waals surface area contributed by atoms with Crippen molar-refractivity contribution < 1.29 is 9.12 Å². The van der Waals surface area contributed by atoms with Gasteiger partial charge in [-0.05, 0) is 15.9 Å². The quantitative estimate of drug-likeness (QED) is 0.544. The molecule has 5 heteroatoms. The highest BCUT2D eigenvalue weighted by Gasteiger charge is 2.13. The largest absolute Gasteiger partial charge is 0.711 e. The summed E-state index contributed by atoms with van der Waals surface area (Å²) in [7, 11) is 0. The Morgan fingerprint density at radius 1 is 1.58 bits per heavy atom. The first-order valence-electron chi connectivity index (χ1n) is 3.24. The van der Waals surface area contributed by atoms with Crippen LogP contribution < -0.4 is 4.73 Å². The molecule has 2 aromatic heterocycles. The first-order valence-corrected chi connectivity index (χ1v) is 4.03. The van der Waals surface area contributed by atoms with Crippen LogP contribution in [0.15, 0.2) is 22.9 Å². The van der Waals surface area contributed by atoms with E-state index in [2.05, 4.69) is 20.9 Å². The average Bonchev–Trinajstić information content (AvgIpc) is 2.42. The van der Waals surface area contributed by atoms with Crippen LogP contribution in [-0.4, -0.2) is 4.98 Å². The molecule has 2 aromatic rings. The van der Waals surface area contributed by atoms with Crippen LogP contribution in [0.25, 0.3) is 11.0 Å². The van der Waals surface area contributed by atoms with Crippen LogP contribution in [-0.2, 0) is 0 Å². The highest BCUT2D eigenvalue weighted by atomic mass is 79.9. The number of aromatic nitrogens is 2. The van der Waals surface area contributed by atoms with Gasteiger partial charge in [0, 0.05) is 6.07 Å². The first-order chi connectivity index (χ1) is 5.70. The molecule has 2 rings (SSSR count). The number of halogens is 2. The Labute approximate surface area is 75.5 Å². The van der Waals surface area contributed by atoms with Gasteiger partial charge in [0.2, 0.25) is 0 Å². The van der Waals surface area contributed by atoms with E-state index in [1.807, 2.05) is 0 Å². The Kier molecular flexibility index (Phi) is 1.54. The van der Waals surface area contributed by atoms with E-state index in [1.165, 1.54) is 6.20 Å². The lowest BCUT2D eigenvalue weighted by atomic mass is 10.3. The number of hydrogen-bond donors (Lipinski definition) is 1. The maximum atomic E-state index is 13.1. The lowest BCUT2D eigenvalue weighted by Gasteiger charge is -2.01. The minimum atomic E-state index is -0.412. The van der Waals surface area contributed by atoms with E-state index in [0.29, 0.717) is 9.20 Å². The Morgan fingerprint density at radius 3 is 3.00 bits per heavy atom. The van der Waals surface area contributed by atoms with Crippen LogP contribution in [0.4, 0.5) is 4.39 Å².